The summed E-state index contributed by atoms with van der Waals surface area (Å²) in [6.45, 7) is 6.91. The zero-order valence-corrected chi connectivity index (χ0v) is 13.9. The Kier molecular flexibility index (Phi) is 8.28. The van der Waals surface area contributed by atoms with E-state index in [0.29, 0.717) is 29.7 Å². The molecule has 0 unspecified atom stereocenters. The molecule has 0 radical (unpaired) electrons. The van der Waals surface area contributed by atoms with Crippen molar-refractivity contribution in [3.63, 3.8) is 0 Å². The fraction of sp³-hybridized carbons (Fsp3) is 0.571. The van der Waals surface area contributed by atoms with Gasteiger partial charge in [0.1, 0.15) is 0 Å². The van der Waals surface area contributed by atoms with Crippen molar-refractivity contribution >= 4 is 24.0 Å². The van der Waals surface area contributed by atoms with E-state index in [1.54, 1.807) is 13.2 Å². The highest BCUT2D eigenvalue weighted by atomic mass is 35.5. The van der Waals surface area contributed by atoms with Crippen LogP contribution < -0.4 is 14.8 Å². The second-order valence-corrected chi connectivity index (χ2v) is 5.36. The Morgan fingerprint density at radius 1 is 1.35 bits per heavy atom. The molecule has 0 saturated carbocycles. The van der Waals surface area contributed by atoms with Crippen LogP contribution in [-0.2, 0) is 6.54 Å². The molecule has 1 rings (SSSR count). The Morgan fingerprint density at radius 3 is 2.50 bits per heavy atom. The van der Waals surface area contributed by atoms with E-state index < -0.39 is 0 Å². The third kappa shape index (κ3) is 5.37. The lowest BCUT2D eigenvalue weighted by atomic mass is 10.1. The molecule has 0 saturated heterocycles. The molecule has 0 aliphatic rings. The number of hydrogen-bond acceptors (Lipinski definition) is 4. The van der Waals surface area contributed by atoms with Gasteiger partial charge in [0.2, 0.25) is 0 Å². The van der Waals surface area contributed by atoms with E-state index in [9.17, 15) is 5.11 Å². The van der Waals surface area contributed by atoms with Gasteiger partial charge >= 0.3 is 0 Å². The highest BCUT2D eigenvalue weighted by Crippen LogP contribution is 2.34. The van der Waals surface area contributed by atoms with Gasteiger partial charge in [-0.1, -0.05) is 11.6 Å². The number of benzene rings is 1. The number of halogens is 2. The predicted molar refractivity (Wildman–Crippen MR) is 84.4 cm³/mol. The summed E-state index contributed by atoms with van der Waals surface area (Å²) in [6, 6.07) is 3.57. The zero-order chi connectivity index (χ0) is 14.5. The molecule has 6 heteroatoms. The number of methoxy groups -OCH3 is 1. The Morgan fingerprint density at radius 2 is 2.00 bits per heavy atom. The average molecular weight is 324 g/mol. The summed E-state index contributed by atoms with van der Waals surface area (Å²) in [5, 5.41) is 13.1. The molecular weight excluding hydrogens is 301 g/mol. The van der Waals surface area contributed by atoms with Crippen LogP contribution in [0.1, 0.15) is 26.3 Å². The lowest BCUT2D eigenvalue weighted by molar-refractivity contribution is 0.186. The molecule has 0 atom stereocenters. The van der Waals surface area contributed by atoms with E-state index in [1.807, 2.05) is 26.8 Å². The zero-order valence-electron chi connectivity index (χ0n) is 12.3. The molecule has 2 N–H and O–H groups in total. The van der Waals surface area contributed by atoms with E-state index in [-0.39, 0.29) is 24.6 Å². The van der Waals surface area contributed by atoms with E-state index in [4.69, 9.17) is 21.1 Å². The largest absolute Gasteiger partial charge is 0.493 e. The van der Waals surface area contributed by atoms with Crippen LogP contribution in [0.2, 0.25) is 5.02 Å². The molecule has 4 nitrogen and oxygen atoms in total. The Bertz CT molecular complexity index is 425. The molecule has 116 valence electrons. The smallest absolute Gasteiger partial charge is 0.165 e. The first kappa shape index (κ1) is 19.3. The standard InChI is InChI=1S/C14H22ClNO3.ClH/c1-5-19-13-10(8-16-14(2,3)9-17)6-11(15)7-12(13)18-4;/h6-7,16-17H,5,8-9H2,1-4H3;1H. The monoisotopic (exact) mass is 323 g/mol. The van der Waals surface area contributed by atoms with Crippen molar-refractivity contribution in [2.75, 3.05) is 20.3 Å². The van der Waals surface area contributed by atoms with Gasteiger partial charge in [0, 0.05) is 28.7 Å². The number of ether oxygens (including phenoxy) is 2. The van der Waals surface area contributed by atoms with Gasteiger partial charge in [0.05, 0.1) is 20.3 Å². The van der Waals surface area contributed by atoms with E-state index >= 15 is 0 Å². The normalized spacial score (nSPS) is 10.9. The van der Waals surface area contributed by atoms with Gasteiger partial charge in [-0.3, -0.25) is 0 Å². The average Bonchev–Trinajstić information content (AvgIpc) is 2.38. The Hall–Kier alpha value is -0.680. The fourth-order valence-corrected chi connectivity index (χ4v) is 1.83. The number of nitrogens with one attached hydrogen (secondary N) is 1. The van der Waals surface area contributed by atoms with Gasteiger partial charge in [0.25, 0.3) is 0 Å². The van der Waals surface area contributed by atoms with Crippen LogP contribution >= 0.6 is 24.0 Å². The van der Waals surface area contributed by atoms with Crippen molar-refractivity contribution in [1.29, 1.82) is 0 Å². The molecule has 0 aliphatic heterocycles. The second kappa shape index (κ2) is 8.57. The highest BCUT2D eigenvalue weighted by Gasteiger charge is 2.18. The van der Waals surface area contributed by atoms with Gasteiger partial charge in [-0.25, -0.2) is 0 Å². The van der Waals surface area contributed by atoms with Crippen LogP contribution in [0.4, 0.5) is 0 Å². The van der Waals surface area contributed by atoms with Gasteiger partial charge in [-0.15, -0.1) is 12.4 Å². The van der Waals surface area contributed by atoms with Crippen molar-refractivity contribution < 1.29 is 14.6 Å². The molecule has 0 fully saturated rings. The van der Waals surface area contributed by atoms with Crippen LogP contribution in [0.5, 0.6) is 11.5 Å². The summed E-state index contributed by atoms with van der Waals surface area (Å²) in [7, 11) is 1.59. The van der Waals surface area contributed by atoms with Gasteiger partial charge in [-0.05, 0) is 26.8 Å². The van der Waals surface area contributed by atoms with Crippen LogP contribution in [-0.4, -0.2) is 31.0 Å². The van der Waals surface area contributed by atoms with E-state index in [0.717, 1.165) is 5.56 Å². The fourth-order valence-electron chi connectivity index (χ4n) is 1.60. The van der Waals surface area contributed by atoms with E-state index in [1.165, 1.54) is 0 Å². The molecule has 0 aliphatic carbocycles. The molecule has 1 aromatic rings. The first-order chi connectivity index (χ1) is 8.93. The SMILES string of the molecule is CCOc1c(CNC(C)(C)CO)cc(Cl)cc1OC.Cl. The molecule has 0 heterocycles. The lowest BCUT2D eigenvalue weighted by Crippen LogP contribution is -2.42. The molecule has 0 spiro atoms. The summed E-state index contributed by atoms with van der Waals surface area (Å²) < 4.78 is 10.9. The maximum absolute atomic E-state index is 9.26. The van der Waals surface area contributed by atoms with Gasteiger partial charge in [0.15, 0.2) is 11.5 Å². The summed E-state index contributed by atoms with van der Waals surface area (Å²) in [4.78, 5) is 0. The van der Waals surface area contributed by atoms with E-state index in [2.05, 4.69) is 5.32 Å². The van der Waals surface area contributed by atoms with Crippen molar-refractivity contribution in [1.82, 2.24) is 5.32 Å². The first-order valence-corrected chi connectivity index (χ1v) is 6.66. The second-order valence-electron chi connectivity index (χ2n) is 4.92. The number of aliphatic hydroxyl groups is 1. The molecule has 20 heavy (non-hydrogen) atoms. The highest BCUT2D eigenvalue weighted by molar-refractivity contribution is 6.30. The van der Waals surface area contributed by atoms with Crippen LogP contribution in [0.25, 0.3) is 0 Å². The summed E-state index contributed by atoms with van der Waals surface area (Å²) in [5.41, 5.74) is 0.548. The van der Waals surface area contributed by atoms with Crippen molar-refractivity contribution in [3.05, 3.63) is 22.7 Å². The van der Waals surface area contributed by atoms with Crippen molar-refractivity contribution in [3.8, 4) is 11.5 Å². The Balaban J connectivity index is 0.00000361. The molecule has 1 aromatic carbocycles. The summed E-state index contributed by atoms with van der Waals surface area (Å²) in [6.07, 6.45) is 0. The third-order valence-electron chi connectivity index (χ3n) is 2.76. The summed E-state index contributed by atoms with van der Waals surface area (Å²) in [5.74, 6) is 1.31. The maximum Gasteiger partial charge on any atom is 0.165 e. The summed E-state index contributed by atoms with van der Waals surface area (Å²) >= 11 is 6.07. The van der Waals surface area contributed by atoms with Crippen LogP contribution in [0, 0.1) is 0 Å². The predicted octanol–water partition coefficient (Wildman–Crippen LogP) is 3.03. The molecular formula is C14H23Cl2NO3. The minimum absolute atomic E-state index is 0. The molecule has 0 bridgehead atoms. The number of aliphatic hydroxyl groups excluding tert-OH is 1. The first-order valence-electron chi connectivity index (χ1n) is 6.28. The third-order valence-corrected chi connectivity index (χ3v) is 2.98. The molecule has 0 aromatic heterocycles. The van der Waals surface area contributed by atoms with Crippen molar-refractivity contribution in [2.45, 2.75) is 32.9 Å². The van der Waals surface area contributed by atoms with Crippen LogP contribution in [0.15, 0.2) is 12.1 Å². The quantitative estimate of drug-likeness (QED) is 0.809. The molecule has 0 amide bonds. The Labute approximate surface area is 131 Å². The lowest BCUT2D eigenvalue weighted by Gasteiger charge is -2.24. The number of hydrogen-bond donors (Lipinski definition) is 2. The maximum atomic E-state index is 9.26. The minimum Gasteiger partial charge on any atom is -0.493 e. The topological polar surface area (TPSA) is 50.7 Å². The van der Waals surface area contributed by atoms with Crippen molar-refractivity contribution in [2.24, 2.45) is 0 Å². The van der Waals surface area contributed by atoms with Gasteiger partial charge < -0.3 is 19.9 Å². The minimum atomic E-state index is -0.362. The van der Waals surface area contributed by atoms with Gasteiger partial charge in [-0.2, -0.15) is 0 Å². The number of rotatable bonds is 7. The van der Waals surface area contributed by atoms with Crippen LogP contribution in [0.3, 0.4) is 0 Å².